The van der Waals surface area contributed by atoms with Gasteiger partial charge in [0.05, 0.1) is 11.3 Å². The van der Waals surface area contributed by atoms with Crippen LogP contribution in [0.15, 0.2) is 36.5 Å². The molecular weight excluding hydrogens is 323 g/mol. The average molecular weight is 332 g/mol. The van der Waals surface area contributed by atoms with Crippen molar-refractivity contribution in [3.05, 3.63) is 52.7 Å². The minimum Gasteiger partial charge on any atom is -0.389 e. The molecular formula is C13H9ClF3N3S. The van der Waals surface area contributed by atoms with E-state index in [0.717, 1.165) is 6.07 Å². The van der Waals surface area contributed by atoms with Crippen molar-refractivity contribution < 1.29 is 13.2 Å². The van der Waals surface area contributed by atoms with E-state index in [1.54, 1.807) is 6.07 Å². The number of alkyl halides is 3. The van der Waals surface area contributed by atoms with Crippen molar-refractivity contribution in [2.24, 2.45) is 5.73 Å². The first kappa shape index (κ1) is 15.5. The normalized spacial score (nSPS) is 11.2. The van der Waals surface area contributed by atoms with Gasteiger partial charge in [-0.3, -0.25) is 0 Å². The number of benzene rings is 1. The number of halogens is 4. The molecule has 110 valence electrons. The predicted molar refractivity (Wildman–Crippen MR) is 79.9 cm³/mol. The highest BCUT2D eigenvalue weighted by atomic mass is 35.5. The SMILES string of the molecule is NC(=S)c1ccc(Nc2ccc(Cl)cc2C(F)(F)F)nc1. The Morgan fingerprint density at radius 2 is 1.95 bits per heavy atom. The van der Waals surface area contributed by atoms with Crippen molar-refractivity contribution in [3.8, 4) is 0 Å². The molecule has 0 radical (unpaired) electrons. The minimum atomic E-state index is -4.52. The van der Waals surface area contributed by atoms with Crippen molar-refractivity contribution in [2.45, 2.75) is 6.18 Å². The summed E-state index contributed by atoms with van der Waals surface area (Å²) in [6.45, 7) is 0. The van der Waals surface area contributed by atoms with Gasteiger partial charge in [-0.15, -0.1) is 0 Å². The van der Waals surface area contributed by atoms with E-state index in [9.17, 15) is 13.2 Å². The van der Waals surface area contributed by atoms with Crippen LogP contribution < -0.4 is 11.1 Å². The highest BCUT2D eigenvalue weighted by molar-refractivity contribution is 7.80. The summed E-state index contributed by atoms with van der Waals surface area (Å²) < 4.78 is 38.8. The first-order chi connectivity index (χ1) is 9.77. The summed E-state index contributed by atoms with van der Waals surface area (Å²) in [5, 5.41) is 2.60. The molecule has 0 aliphatic rings. The number of nitrogens with zero attached hydrogens (tertiary/aromatic N) is 1. The molecule has 0 fully saturated rings. The van der Waals surface area contributed by atoms with Crippen molar-refractivity contribution >= 4 is 40.3 Å². The van der Waals surface area contributed by atoms with Crippen molar-refractivity contribution in [1.29, 1.82) is 0 Å². The number of anilines is 2. The Morgan fingerprint density at radius 3 is 2.48 bits per heavy atom. The second-order valence-corrected chi connectivity index (χ2v) is 4.99. The Morgan fingerprint density at radius 1 is 1.24 bits per heavy atom. The number of thiocarbonyl (C=S) groups is 1. The van der Waals surface area contributed by atoms with Gasteiger partial charge in [-0.25, -0.2) is 4.98 Å². The molecule has 0 spiro atoms. The zero-order valence-corrected chi connectivity index (χ0v) is 12.0. The lowest BCUT2D eigenvalue weighted by Gasteiger charge is -2.14. The molecule has 1 aromatic heterocycles. The quantitative estimate of drug-likeness (QED) is 0.830. The van der Waals surface area contributed by atoms with Gasteiger partial charge in [0.15, 0.2) is 0 Å². The molecule has 3 N–H and O–H groups in total. The Hall–Kier alpha value is -1.86. The van der Waals surface area contributed by atoms with E-state index >= 15 is 0 Å². The van der Waals surface area contributed by atoms with Gasteiger partial charge in [-0.05, 0) is 30.3 Å². The number of pyridine rings is 1. The molecule has 0 saturated heterocycles. The zero-order chi connectivity index (χ0) is 15.6. The third-order valence-electron chi connectivity index (χ3n) is 2.60. The Kier molecular flexibility index (Phi) is 4.34. The van der Waals surface area contributed by atoms with Crippen molar-refractivity contribution in [3.63, 3.8) is 0 Å². The maximum absolute atomic E-state index is 12.9. The van der Waals surface area contributed by atoms with Crippen LogP contribution >= 0.6 is 23.8 Å². The molecule has 1 heterocycles. The predicted octanol–water partition coefficient (Wildman–Crippen LogP) is 4.13. The third-order valence-corrected chi connectivity index (χ3v) is 3.07. The van der Waals surface area contributed by atoms with E-state index in [-0.39, 0.29) is 21.5 Å². The zero-order valence-electron chi connectivity index (χ0n) is 10.4. The highest BCUT2D eigenvalue weighted by Crippen LogP contribution is 2.37. The fourth-order valence-electron chi connectivity index (χ4n) is 1.61. The summed E-state index contributed by atoms with van der Waals surface area (Å²) in [7, 11) is 0. The second kappa shape index (κ2) is 5.87. The molecule has 0 amide bonds. The van der Waals surface area contributed by atoms with Crippen LogP contribution in [0.4, 0.5) is 24.7 Å². The van der Waals surface area contributed by atoms with Gasteiger partial charge >= 0.3 is 6.18 Å². The van der Waals surface area contributed by atoms with Crippen LogP contribution in [0, 0.1) is 0 Å². The summed E-state index contributed by atoms with van der Waals surface area (Å²) in [5.74, 6) is 0.239. The van der Waals surface area contributed by atoms with E-state index in [1.807, 2.05) is 0 Å². The number of rotatable bonds is 3. The number of nitrogens with one attached hydrogen (secondary N) is 1. The summed E-state index contributed by atoms with van der Waals surface area (Å²) >= 11 is 10.4. The molecule has 0 saturated carbocycles. The van der Waals surface area contributed by atoms with Gasteiger partial charge in [0.25, 0.3) is 0 Å². The van der Waals surface area contributed by atoms with Gasteiger partial charge in [0, 0.05) is 16.8 Å². The van der Waals surface area contributed by atoms with E-state index in [4.69, 9.17) is 29.6 Å². The molecule has 2 rings (SSSR count). The van der Waals surface area contributed by atoms with E-state index < -0.39 is 11.7 Å². The summed E-state index contributed by atoms with van der Waals surface area (Å²) in [6, 6.07) is 6.52. The third kappa shape index (κ3) is 3.83. The van der Waals surface area contributed by atoms with Crippen LogP contribution in [0.2, 0.25) is 5.02 Å². The number of hydrogen-bond donors (Lipinski definition) is 2. The van der Waals surface area contributed by atoms with E-state index in [0.29, 0.717) is 5.56 Å². The minimum absolute atomic E-state index is 0.00432. The van der Waals surface area contributed by atoms with Crippen LogP contribution in [0.5, 0.6) is 0 Å². The molecule has 8 heteroatoms. The van der Waals surface area contributed by atoms with Crippen molar-refractivity contribution in [1.82, 2.24) is 4.98 Å². The van der Waals surface area contributed by atoms with Crippen molar-refractivity contribution in [2.75, 3.05) is 5.32 Å². The monoisotopic (exact) mass is 331 g/mol. The lowest BCUT2D eigenvalue weighted by atomic mass is 10.1. The van der Waals surface area contributed by atoms with Gasteiger partial charge in [-0.1, -0.05) is 23.8 Å². The first-order valence-corrected chi connectivity index (χ1v) is 6.45. The van der Waals surface area contributed by atoms with E-state index in [2.05, 4.69) is 10.3 Å². The van der Waals surface area contributed by atoms with E-state index in [1.165, 1.54) is 24.4 Å². The standard InChI is InChI=1S/C13H9ClF3N3S/c14-8-2-3-10(9(5-8)13(15,16)17)20-11-4-1-7(6-19-11)12(18)21/h1-6H,(H2,18,21)(H,19,20). The van der Waals surface area contributed by atoms with Gasteiger partial charge in [-0.2, -0.15) is 13.2 Å². The molecule has 3 nitrogen and oxygen atoms in total. The molecule has 0 unspecified atom stereocenters. The fraction of sp³-hybridized carbons (Fsp3) is 0.0769. The molecule has 0 aliphatic heterocycles. The average Bonchev–Trinajstić information content (AvgIpc) is 2.40. The van der Waals surface area contributed by atoms with Crippen LogP contribution in [0.3, 0.4) is 0 Å². The largest absolute Gasteiger partial charge is 0.418 e. The topological polar surface area (TPSA) is 50.9 Å². The fourth-order valence-corrected chi connectivity index (χ4v) is 1.90. The number of aromatic nitrogens is 1. The summed E-state index contributed by atoms with van der Waals surface area (Å²) in [5.41, 5.74) is 4.95. The maximum Gasteiger partial charge on any atom is 0.418 e. The Bertz CT molecular complexity index is 671. The molecule has 1 aromatic carbocycles. The van der Waals surface area contributed by atoms with Crippen LogP contribution in [0.25, 0.3) is 0 Å². The summed E-state index contributed by atoms with van der Waals surface area (Å²) in [4.78, 5) is 4.13. The highest BCUT2D eigenvalue weighted by Gasteiger charge is 2.33. The van der Waals surface area contributed by atoms with Gasteiger partial charge in [0.1, 0.15) is 10.8 Å². The summed E-state index contributed by atoms with van der Waals surface area (Å²) in [6.07, 6.45) is -3.14. The number of nitrogens with two attached hydrogens (primary N) is 1. The molecule has 0 aliphatic carbocycles. The van der Waals surface area contributed by atoms with Gasteiger partial charge < -0.3 is 11.1 Å². The molecule has 2 aromatic rings. The lowest BCUT2D eigenvalue weighted by molar-refractivity contribution is -0.136. The molecule has 0 atom stereocenters. The molecule has 0 bridgehead atoms. The Labute approximate surface area is 128 Å². The molecule has 21 heavy (non-hydrogen) atoms. The van der Waals surface area contributed by atoms with Crippen LogP contribution in [-0.2, 0) is 6.18 Å². The lowest BCUT2D eigenvalue weighted by Crippen LogP contribution is -2.11. The first-order valence-electron chi connectivity index (χ1n) is 5.67. The maximum atomic E-state index is 12.9. The van der Waals surface area contributed by atoms with Gasteiger partial charge in [0.2, 0.25) is 0 Å². The van der Waals surface area contributed by atoms with Crippen LogP contribution in [-0.4, -0.2) is 9.97 Å². The Balaban J connectivity index is 2.33. The second-order valence-electron chi connectivity index (χ2n) is 4.11. The number of hydrogen-bond acceptors (Lipinski definition) is 3. The smallest absolute Gasteiger partial charge is 0.389 e. The van der Waals surface area contributed by atoms with Crippen LogP contribution in [0.1, 0.15) is 11.1 Å².